The molecule has 150 valence electrons. The summed E-state index contributed by atoms with van der Waals surface area (Å²) in [4.78, 5) is 19.3. The fourth-order valence-corrected chi connectivity index (χ4v) is 3.96. The van der Waals surface area contributed by atoms with Gasteiger partial charge in [-0.3, -0.25) is 4.79 Å². The van der Waals surface area contributed by atoms with E-state index in [-0.39, 0.29) is 11.4 Å². The van der Waals surface area contributed by atoms with Crippen molar-refractivity contribution in [3.8, 4) is 17.1 Å². The van der Waals surface area contributed by atoms with E-state index in [4.69, 9.17) is 9.15 Å². The number of methoxy groups -OCH3 is 1. The largest absolute Gasteiger partial charge is 0.497 e. The number of ether oxygens (including phenoxy) is 1. The predicted molar refractivity (Wildman–Crippen MR) is 111 cm³/mol. The Balaban J connectivity index is 1.51. The molecule has 29 heavy (non-hydrogen) atoms. The number of nitrogens with zero attached hydrogens (tertiary/aromatic N) is 2. The van der Waals surface area contributed by atoms with E-state index in [1.54, 1.807) is 7.11 Å². The number of amides is 1. The maximum atomic E-state index is 12.9. The Kier molecular flexibility index (Phi) is 5.11. The molecule has 1 amide bonds. The van der Waals surface area contributed by atoms with Crippen LogP contribution in [0.15, 0.2) is 59.3 Å². The van der Waals surface area contributed by atoms with Crippen molar-refractivity contribution in [2.45, 2.75) is 18.4 Å². The van der Waals surface area contributed by atoms with Gasteiger partial charge in [-0.05, 0) is 62.3 Å². The number of rotatable bonds is 6. The number of fused-ring (bicyclic) bond motifs is 1. The van der Waals surface area contributed by atoms with Gasteiger partial charge >= 0.3 is 0 Å². The van der Waals surface area contributed by atoms with Crippen molar-refractivity contribution >= 4 is 5.91 Å². The Morgan fingerprint density at radius 1 is 1.14 bits per heavy atom. The van der Waals surface area contributed by atoms with Crippen molar-refractivity contribution in [2.24, 2.45) is 0 Å². The molecule has 6 nitrogen and oxygen atoms in total. The molecule has 1 N–H and O–H groups in total. The maximum absolute atomic E-state index is 12.9. The molecule has 0 saturated carbocycles. The van der Waals surface area contributed by atoms with Crippen LogP contribution in [0.25, 0.3) is 11.3 Å². The summed E-state index contributed by atoms with van der Waals surface area (Å²) >= 11 is 0. The van der Waals surface area contributed by atoms with Gasteiger partial charge in [0.25, 0.3) is 5.91 Å². The van der Waals surface area contributed by atoms with E-state index in [0.717, 1.165) is 24.2 Å². The highest BCUT2D eigenvalue weighted by Crippen LogP contribution is 2.33. The van der Waals surface area contributed by atoms with E-state index in [0.29, 0.717) is 18.0 Å². The van der Waals surface area contributed by atoms with Gasteiger partial charge in [0.15, 0.2) is 17.8 Å². The highest BCUT2D eigenvalue weighted by Gasteiger charge is 2.39. The first-order valence-electron chi connectivity index (χ1n) is 9.63. The molecule has 0 spiro atoms. The molecule has 0 bridgehead atoms. The van der Waals surface area contributed by atoms with Gasteiger partial charge in [-0.25, -0.2) is 4.98 Å². The maximum Gasteiger partial charge on any atom is 0.273 e. The monoisotopic (exact) mass is 391 g/mol. The second-order valence-electron chi connectivity index (χ2n) is 7.68. The first kappa shape index (κ1) is 19.2. The third-order valence-corrected chi connectivity index (χ3v) is 5.82. The van der Waals surface area contributed by atoms with Crippen molar-refractivity contribution < 1.29 is 13.9 Å². The van der Waals surface area contributed by atoms with Crippen molar-refractivity contribution in [2.75, 3.05) is 27.7 Å². The smallest absolute Gasteiger partial charge is 0.273 e. The molecular formula is C23H25N3O3. The molecule has 1 heterocycles. The standard InChI is InChI=1S/C23H25N3O3/c1-26(2)23(12-17-6-4-5-7-18(17)13-23)14-24-22(27)20-21(29-15-25-20)16-8-10-19(28-3)11-9-16/h4-11,15H,12-14H2,1-3H3,(H,24,27). The minimum absolute atomic E-state index is 0.149. The molecular weight excluding hydrogens is 366 g/mol. The van der Waals surface area contributed by atoms with E-state index in [2.05, 4.69) is 53.6 Å². The molecule has 4 rings (SSSR count). The first-order valence-corrected chi connectivity index (χ1v) is 9.63. The topological polar surface area (TPSA) is 67.6 Å². The molecule has 0 fully saturated rings. The number of nitrogens with one attached hydrogen (secondary N) is 1. The number of aromatic nitrogens is 1. The fraction of sp³-hybridized carbons (Fsp3) is 0.304. The zero-order valence-electron chi connectivity index (χ0n) is 16.9. The summed E-state index contributed by atoms with van der Waals surface area (Å²) in [6, 6.07) is 15.8. The van der Waals surface area contributed by atoms with Crippen LogP contribution in [0.4, 0.5) is 0 Å². The van der Waals surface area contributed by atoms with Crippen LogP contribution in [0.1, 0.15) is 21.6 Å². The molecule has 0 radical (unpaired) electrons. The van der Waals surface area contributed by atoms with E-state index in [1.165, 1.54) is 17.5 Å². The van der Waals surface area contributed by atoms with Gasteiger partial charge < -0.3 is 19.4 Å². The summed E-state index contributed by atoms with van der Waals surface area (Å²) in [5, 5.41) is 3.09. The molecule has 0 saturated heterocycles. The third kappa shape index (κ3) is 3.63. The third-order valence-electron chi connectivity index (χ3n) is 5.82. The number of hydrogen-bond acceptors (Lipinski definition) is 5. The van der Waals surface area contributed by atoms with Gasteiger partial charge in [0.2, 0.25) is 0 Å². The lowest BCUT2D eigenvalue weighted by molar-refractivity contribution is 0.0899. The first-order chi connectivity index (χ1) is 14.0. The van der Waals surface area contributed by atoms with Crippen molar-refractivity contribution in [3.63, 3.8) is 0 Å². The quantitative estimate of drug-likeness (QED) is 0.699. The van der Waals surface area contributed by atoms with Crippen LogP contribution in [0.2, 0.25) is 0 Å². The number of likely N-dealkylation sites (N-methyl/N-ethyl adjacent to an activating group) is 1. The Morgan fingerprint density at radius 2 is 1.79 bits per heavy atom. The number of carbonyl (C=O) groups is 1. The normalized spacial score (nSPS) is 14.6. The summed E-state index contributed by atoms with van der Waals surface area (Å²) in [7, 11) is 5.75. The van der Waals surface area contributed by atoms with Gasteiger partial charge in [-0.2, -0.15) is 0 Å². The molecule has 2 aromatic carbocycles. The Hall–Kier alpha value is -3.12. The average Bonchev–Trinajstić information content (AvgIpc) is 3.37. The summed E-state index contributed by atoms with van der Waals surface area (Å²) in [5.74, 6) is 0.966. The van der Waals surface area contributed by atoms with E-state index < -0.39 is 0 Å². The highest BCUT2D eigenvalue weighted by molar-refractivity contribution is 5.97. The minimum Gasteiger partial charge on any atom is -0.497 e. The zero-order valence-corrected chi connectivity index (χ0v) is 16.9. The number of benzene rings is 2. The second-order valence-corrected chi connectivity index (χ2v) is 7.68. The molecule has 0 atom stereocenters. The molecule has 1 aliphatic rings. The molecule has 0 aliphatic heterocycles. The summed E-state index contributed by atoms with van der Waals surface area (Å²) in [6.45, 7) is 0.530. The van der Waals surface area contributed by atoms with Crippen molar-refractivity contribution in [1.29, 1.82) is 0 Å². The zero-order chi connectivity index (χ0) is 20.4. The average molecular weight is 391 g/mol. The van der Waals surface area contributed by atoms with E-state index in [1.807, 2.05) is 24.3 Å². The Morgan fingerprint density at radius 3 is 2.38 bits per heavy atom. The van der Waals surface area contributed by atoms with E-state index in [9.17, 15) is 4.79 Å². The van der Waals surface area contributed by atoms with Gasteiger partial charge in [0.1, 0.15) is 5.75 Å². The van der Waals surface area contributed by atoms with E-state index >= 15 is 0 Å². The number of oxazole rings is 1. The summed E-state index contributed by atoms with van der Waals surface area (Å²) in [6.07, 6.45) is 3.11. The Bertz CT molecular complexity index is 983. The lowest BCUT2D eigenvalue weighted by Crippen LogP contribution is -2.53. The second kappa shape index (κ2) is 7.72. The lowest BCUT2D eigenvalue weighted by atomic mass is 9.94. The summed E-state index contributed by atoms with van der Waals surface area (Å²) < 4.78 is 10.7. The van der Waals surface area contributed by atoms with Crippen LogP contribution in [0.3, 0.4) is 0 Å². The van der Waals surface area contributed by atoms with Crippen molar-refractivity contribution in [1.82, 2.24) is 15.2 Å². The molecule has 1 aromatic heterocycles. The molecule has 6 heteroatoms. The van der Waals surface area contributed by atoms with Crippen LogP contribution in [0, 0.1) is 0 Å². The molecule has 3 aromatic rings. The lowest BCUT2D eigenvalue weighted by Gasteiger charge is -2.36. The van der Waals surface area contributed by atoms with Gasteiger partial charge in [-0.15, -0.1) is 0 Å². The summed E-state index contributed by atoms with van der Waals surface area (Å²) in [5.41, 5.74) is 3.61. The number of hydrogen-bond donors (Lipinski definition) is 1. The van der Waals surface area contributed by atoms with Gasteiger partial charge in [-0.1, -0.05) is 24.3 Å². The van der Waals surface area contributed by atoms with Crippen LogP contribution in [0.5, 0.6) is 5.75 Å². The predicted octanol–water partition coefficient (Wildman–Crippen LogP) is 3.18. The SMILES string of the molecule is COc1ccc(-c2ocnc2C(=O)NCC2(N(C)C)Cc3ccccc3C2)cc1. The van der Waals surface area contributed by atoms with Gasteiger partial charge in [0.05, 0.1) is 7.11 Å². The van der Waals surface area contributed by atoms with Gasteiger partial charge in [0, 0.05) is 17.6 Å². The highest BCUT2D eigenvalue weighted by atomic mass is 16.5. The van der Waals surface area contributed by atoms with Crippen LogP contribution in [-0.2, 0) is 12.8 Å². The van der Waals surface area contributed by atoms with Crippen LogP contribution in [-0.4, -0.2) is 49.1 Å². The van der Waals surface area contributed by atoms with Crippen molar-refractivity contribution in [3.05, 3.63) is 71.7 Å². The molecule has 1 aliphatic carbocycles. The van der Waals surface area contributed by atoms with Crippen LogP contribution < -0.4 is 10.1 Å². The fourth-order valence-electron chi connectivity index (χ4n) is 3.96. The number of carbonyl (C=O) groups excluding carboxylic acids is 1. The minimum atomic E-state index is -0.234. The Labute approximate surface area is 170 Å². The molecule has 0 unspecified atom stereocenters. The van der Waals surface area contributed by atoms with Crippen LogP contribution >= 0.6 is 0 Å².